The molecule has 1 unspecified atom stereocenters. The number of hydrogen-bond acceptors (Lipinski definition) is 5. The normalized spacial score (nSPS) is 12.0. The van der Waals surface area contributed by atoms with Crippen molar-refractivity contribution in [2.24, 2.45) is 5.73 Å². The molecule has 2 aromatic carbocycles. The molecule has 0 bridgehead atoms. The number of para-hydroxylation sites is 1. The predicted octanol–water partition coefficient (Wildman–Crippen LogP) is 5.01. The van der Waals surface area contributed by atoms with Gasteiger partial charge in [0.2, 0.25) is 0 Å². The molecule has 0 fully saturated rings. The van der Waals surface area contributed by atoms with E-state index in [1.807, 2.05) is 50.2 Å². The largest absolute Gasteiger partial charge is 0.504 e. The number of aromatic nitrogens is 1. The van der Waals surface area contributed by atoms with Crippen molar-refractivity contribution in [2.75, 3.05) is 7.11 Å². The lowest BCUT2D eigenvalue weighted by molar-refractivity contribution is 0.317. The molecule has 0 aliphatic rings. The van der Waals surface area contributed by atoms with Crippen LogP contribution < -0.4 is 15.8 Å². The van der Waals surface area contributed by atoms with Crippen molar-refractivity contribution >= 4 is 47.3 Å². The molecule has 158 valence electrons. The van der Waals surface area contributed by atoms with Gasteiger partial charge in [0, 0.05) is 40.3 Å². The Morgan fingerprint density at radius 2 is 1.93 bits per heavy atom. The molecule has 1 aromatic heterocycles. The van der Waals surface area contributed by atoms with Crippen molar-refractivity contribution in [3.8, 4) is 11.5 Å². The Bertz CT molecular complexity index is 967. The van der Waals surface area contributed by atoms with Crippen molar-refractivity contribution < 1.29 is 9.84 Å². The average Bonchev–Trinajstić information content (AvgIpc) is 2.66. The first kappa shape index (κ1) is 25.3. The summed E-state index contributed by atoms with van der Waals surface area (Å²) >= 11 is 6.08. The Morgan fingerprint density at radius 1 is 1.21 bits per heavy atom. The third-order valence-electron chi connectivity index (χ3n) is 4.89. The molecule has 0 radical (unpaired) electrons. The number of hydrogen-bond donors (Lipinski definition) is 3. The van der Waals surface area contributed by atoms with Crippen LogP contribution in [0.25, 0.3) is 10.9 Å². The molecule has 0 aliphatic carbocycles. The monoisotopic (exact) mass is 457 g/mol. The number of rotatable bonds is 6. The number of phenols is 1. The fourth-order valence-electron chi connectivity index (χ4n) is 3.11. The molecule has 8 heteroatoms. The molecule has 0 saturated heterocycles. The Balaban J connectivity index is 0.00000210. The minimum atomic E-state index is -0.441. The van der Waals surface area contributed by atoms with Crippen molar-refractivity contribution in [3.05, 3.63) is 64.8 Å². The van der Waals surface area contributed by atoms with E-state index in [1.54, 1.807) is 12.3 Å². The van der Waals surface area contributed by atoms with E-state index in [9.17, 15) is 5.11 Å². The number of fused-ring (bicyclic) bond motifs is 1. The van der Waals surface area contributed by atoms with Crippen LogP contribution in [0.15, 0.2) is 48.7 Å². The van der Waals surface area contributed by atoms with Crippen LogP contribution in [0.1, 0.15) is 31.0 Å². The highest BCUT2D eigenvalue weighted by atomic mass is 35.5. The van der Waals surface area contributed by atoms with E-state index in [1.165, 1.54) is 7.11 Å². The van der Waals surface area contributed by atoms with Gasteiger partial charge in [-0.1, -0.05) is 29.8 Å². The summed E-state index contributed by atoms with van der Waals surface area (Å²) in [6.07, 6.45) is 1.75. The highest BCUT2D eigenvalue weighted by molar-refractivity contribution is 6.31. The zero-order chi connectivity index (χ0) is 19.6. The summed E-state index contributed by atoms with van der Waals surface area (Å²) in [5.41, 5.74) is 8.74. The lowest BCUT2D eigenvalue weighted by Crippen LogP contribution is -2.48. The van der Waals surface area contributed by atoms with Gasteiger partial charge in [-0.25, -0.2) is 0 Å². The molecule has 5 nitrogen and oxygen atoms in total. The number of nitrogens with zero attached hydrogens (tertiary/aromatic N) is 1. The smallest absolute Gasteiger partial charge is 0.162 e. The molecule has 3 aromatic rings. The molecule has 29 heavy (non-hydrogen) atoms. The van der Waals surface area contributed by atoms with Gasteiger partial charge in [-0.15, -0.1) is 24.8 Å². The van der Waals surface area contributed by atoms with Crippen LogP contribution in [0.4, 0.5) is 0 Å². The molecular formula is C21H26Cl3N3O2. The summed E-state index contributed by atoms with van der Waals surface area (Å²) in [6.45, 7) is 4.53. The van der Waals surface area contributed by atoms with Crippen LogP contribution >= 0.6 is 36.4 Å². The number of ether oxygens (including phenoxy) is 1. The Labute approximate surface area is 188 Å². The summed E-state index contributed by atoms with van der Waals surface area (Å²) in [7, 11) is 1.53. The van der Waals surface area contributed by atoms with Gasteiger partial charge >= 0.3 is 0 Å². The lowest BCUT2D eigenvalue weighted by atomic mass is 9.87. The number of nitrogens with one attached hydrogen (secondary N) is 1. The molecule has 0 spiro atoms. The third kappa shape index (κ3) is 5.44. The van der Waals surface area contributed by atoms with Gasteiger partial charge in [-0.2, -0.15) is 0 Å². The number of nitrogens with two attached hydrogens (primary N) is 1. The van der Waals surface area contributed by atoms with Crippen LogP contribution in [-0.2, 0) is 6.54 Å². The van der Waals surface area contributed by atoms with Crippen LogP contribution in [0.2, 0.25) is 5.02 Å². The van der Waals surface area contributed by atoms with Gasteiger partial charge in [-0.3, -0.25) is 4.98 Å². The second-order valence-electron chi connectivity index (χ2n) is 7.08. The maximum atomic E-state index is 10.3. The molecule has 0 aliphatic heterocycles. The molecule has 1 heterocycles. The van der Waals surface area contributed by atoms with E-state index >= 15 is 0 Å². The van der Waals surface area contributed by atoms with E-state index in [0.29, 0.717) is 17.3 Å². The topological polar surface area (TPSA) is 80.4 Å². The molecular weight excluding hydrogens is 433 g/mol. The van der Waals surface area contributed by atoms with Gasteiger partial charge in [-0.05, 0) is 43.7 Å². The fraction of sp³-hybridized carbons (Fsp3) is 0.286. The Hall–Kier alpha value is -1.76. The number of benzene rings is 2. The van der Waals surface area contributed by atoms with E-state index in [-0.39, 0.29) is 36.6 Å². The molecule has 3 rings (SSSR count). The molecule has 1 atom stereocenters. The highest BCUT2D eigenvalue weighted by Gasteiger charge is 2.29. The number of halogens is 3. The quantitative estimate of drug-likeness (QED) is 0.483. The maximum Gasteiger partial charge on any atom is 0.162 e. The lowest BCUT2D eigenvalue weighted by Gasteiger charge is -2.34. The van der Waals surface area contributed by atoms with Crippen LogP contribution in [-0.4, -0.2) is 22.7 Å². The van der Waals surface area contributed by atoms with Crippen LogP contribution in [0.3, 0.4) is 0 Å². The highest BCUT2D eigenvalue weighted by Crippen LogP contribution is 2.32. The summed E-state index contributed by atoms with van der Waals surface area (Å²) < 4.78 is 5.17. The van der Waals surface area contributed by atoms with Gasteiger partial charge < -0.3 is 20.9 Å². The number of aromatic hydroxyl groups is 1. The van der Waals surface area contributed by atoms with Crippen LogP contribution in [0.5, 0.6) is 11.5 Å². The fourth-order valence-corrected chi connectivity index (χ4v) is 3.28. The van der Waals surface area contributed by atoms with Crippen molar-refractivity contribution in [2.45, 2.75) is 32.0 Å². The number of methoxy groups -OCH3 is 1. The summed E-state index contributed by atoms with van der Waals surface area (Å²) in [5.74, 6) is 0.592. The zero-order valence-electron chi connectivity index (χ0n) is 16.5. The first-order valence-corrected chi connectivity index (χ1v) is 9.11. The van der Waals surface area contributed by atoms with Crippen molar-refractivity contribution in [1.82, 2.24) is 10.3 Å². The Kier molecular flexibility index (Phi) is 9.00. The minimum Gasteiger partial charge on any atom is -0.504 e. The maximum absolute atomic E-state index is 10.3. The summed E-state index contributed by atoms with van der Waals surface area (Å²) in [6, 6.07) is 12.7. The number of pyridine rings is 1. The van der Waals surface area contributed by atoms with Gasteiger partial charge in [0.05, 0.1) is 12.6 Å². The van der Waals surface area contributed by atoms with E-state index in [4.69, 9.17) is 22.1 Å². The predicted molar refractivity (Wildman–Crippen MR) is 124 cm³/mol. The second kappa shape index (κ2) is 10.3. The van der Waals surface area contributed by atoms with Crippen LogP contribution in [0, 0.1) is 0 Å². The standard InChI is InChI=1S/C21H24ClN3O2.2ClH/c1-21(2,25-12-13-5-4-6-18(27-3)19(13)26)20(23)16-9-10-24-17-11-14(22)7-8-15(16)17;;/h4-11,20,25-26H,12,23H2,1-3H3;2*1H. The zero-order valence-corrected chi connectivity index (χ0v) is 18.9. The van der Waals surface area contributed by atoms with Gasteiger partial charge in [0.25, 0.3) is 0 Å². The molecule has 0 amide bonds. The first-order valence-electron chi connectivity index (χ1n) is 8.73. The van der Waals surface area contributed by atoms with Gasteiger partial charge in [0.15, 0.2) is 11.5 Å². The van der Waals surface area contributed by atoms with E-state index in [0.717, 1.165) is 22.0 Å². The van der Waals surface area contributed by atoms with Crippen molar-refractivity contribution in [3.63, 3.8) is 0 Å². The van der Waals surface area contributed by atoms with Crippen molar-refractivity contribution in [1.29, 1.82) is 0 Å². The SMILES string of the molecule is COc1cccc(CNC(C)(C)C(N)c2ccnc3cc(Cl)ccc23)c1O.Cl.Cl. The third-order valence-corrected chi connectivity index (χ3v) is 5.12. The van der Waals surface area contributed by atoms with E-state index < -0.39 is 5.54 Å². The van der Waals surface area contributed by atoms with E-state index in [2.05, 4.69) is 10.3 Å². The minimum absolute atomic E-state index is 0. The first-order chi connectivity index (χ1) is 12.8. The second-order valence-corrected chi connectivity index (χ2v) is 7.52. The average molecular weight is 459 g/mol. The Morgan fingerprint density at radius 3 is 2.62 bits per heavy atom. The summed E-state index contributed by atoms with van der Waals surface area (Å²) in [4.78, 5) is 4.38. The van der Waals surface area contributed by atoms with Gasteiger partial charge in [0.1, 0.15) is 0 Å². The summed E-state index contributed by atoms with van der Waals surface area (Å²) in [5, 5.41) is 15.4. The molecule has 0 saturated carbocycles. The molecule has 4 N–H and O–H groups in total. The number of phenolic OH excluding ortho intramolecular Hbond substituents is 1.